The number of nitrogens with one attached hydrogen (secondary N) is 1. The Morgan fingerprint density at radius 1 is 0.970 bits per heavy atom. The number of hydrogen-bond donors (Lipinski definition) is 1. The molecule has 33 heavy (non-hydrogen) atoms. The van der Waals surface area contributed by atoms with Gasteiger partial charge in [0, 0.05) is 48.2 Å². The van der Waals surface area contributed by atoms with E-state index in [2.05, 4.69) is 17.1 Å². The number of carbonyl (C=O) groups excluding carboxylic acids is 2. The van der Waals surface area contributed by atoms with E-state index in [0.717, 1.165) is 29.7 Å². The van der Waals surface area contributed by atoms with Crippen molar-refractivity contribution < 1.29 is 14.3 Å². The summed E-state index contributed by atoms with van der Waals surface area (Å²) in [6, 6.07) is 15.9. The average molecular weight is 450 g/mol. The lowest BCUT2D eigenvalue weighted by molar-refractivity contribution is -0.142. The minimum Gasteiger partial charge on any atom is -0.496 e. The first kappa shape index (κ1) is 24.4. The molecule has 3 rings (SSSR count). The van der Waals surface area contributed by atoms with Gasteiger partial charge in [-0.25, -0.2) is 0 Å². The van der Waals surface area contributed by atoms with Crippen LogP contribution in [0.2, 0.25) is 0 Å². The predicted molar refractivity (Wildman–Crippen MR) is 132 cm³/mol. The molecule has 6 heteroatoms. The molecule has 6 nitrogen and oxygen atoms in total. The van der Waals surface area contributed by atoms with Crippen LogP contribution in [0, 0.1) is 5.92 Å². The fourth-order valence-electron chi connectivity index (χ4n) is 4.09. The maximum absolute atomic E-state index is 13.5. The summed E-state index contributed by atoms with van der Waals surface area (Å²) < 4.78 is 5.52. The molecule has 176 valence electrons. The van der Waals surface area contributed by atoms with Crippen molar-refractivity contribution in [1.29, 1.82) is 0 Å². The number of ether oxygens (including phenoxy) is 1. The summed E-state index contributed by atoms with van der Waals surface area (Å²) in [5.74, 6) is 0.576. The second-order valence-electron chi connectivity index (χ2n) is 8.65. The predicted octanol–water partition coefficient (Wildman–Crippen LogP) is 4.64. The van der Waals surface area contributed by atoms with Crippen LogP contribution in [0.25, 0.3) is 10.9 Å². The molecule has 0 aliphatic carbocycles. The van der Waals surface area contributed by atoms with E-state index in [9.17, 15) is 9.59 Å². The Morgan fingerprint density at radius 3 is 2.42 bits per heavy atom. The van der Waals surface area contributed by atoms with E-state index in [1.807, 2.05) is 68.3 Å². The zero-order valence-corrected chi connectivity index (χ0v) is 20.1. The first-order valence-corrected chi connectivity index (χ1v) is 11.7. The number of H-pyrrole nitrogens is 1. The zero-order chi connectivity index (χ0) is 23.8. The Hall–Kier alpha value is -3.28. The quantitative estimate of drug-likeness (QED) is 0.464. The number of nitrogens with zero attached hydrogens (tertiary/aromatic N) is 2. The number of para-hydroxylation sites is 2. The fraction of sp³-hybridized carbons (Fsp3) is 0.407. The van der Waals surface area contributed by atoms with Gasteiger partial charge in [-0.05, 0) is 30.5 Å². The monoisotopic (exact) mass is 449 g/mol. The summed E-state index contributed by atoms with van der Waals surface area (Å²) >= 11 is 0. The van der Waals surface area contributed by atoms with Gasteiger partial charge in [-0.1, -0.05) is 57.2 Å². The zero-order valence-electron chi connectivity index (χ0n) is 20.1. The Kier molecular flexibility index (Phi) is 8.52. The summed E-state index contributed by atoms with van der Waals surface area (Å²) in [5.41, 5.74) is 3.21. The van der Waals surface area contributed by atoms with Crippen LogP contribution >= 0.6 is 0 Å². The van der Waals surface area contributed by atoms with E-state index in [-0.39, 0.29) is 24.3 Å². The number of methoxy groups -OCH3 is 1. The highest BCUT2D eigenvalue weighted by Gasteiger charge is 2.23. The molecule has 0 unspecified atom stereocenters. The third-order valence-corrected chi connectivity index (χ3v) is 5.86. The van der Waals surface area contributed by atoms with E-state index in [1.54, 1.807) is 12.0 Å². The van der Waals surface area contributed by atoms with Gasteiger partial charge in [0.15, 0.2) is 0 Å². The molecule has 2 amide bonds. The molecule has 0 saturated heterocycles. The maximum atomic E-state index is 13.5. The number of carbonyl (C=O) groups is 2. The largest absolute Gasteiger partial charge is 0.496 e. The van der Waals surface area contributed by atoms with E-state index < -0.39 is 0 Å². The molecule has 1 heterocycles. The van der Waals surface area contributed by atoms with Crippen molar-refractivity contribution >= 4 is 22.7 Å². The van der Waals surface area contributed by atoms with Crippen molar-refractivity contribution in [1.82, 2.24) is 14.8 Å². The normalized spacial score (nSPS) is 11.1. The van der Waals surface area contributed by atoms with Gasteiger partial charge in [-0.15, -0.1) is 0 Å². The van der Waals surface area contributed by atoms with E-state index in [4.69, 9.17) is 4.74 Å². The molecule has 0 spiro atoms. The number of benzene rings is 2. The summed E-state index contributed by atoms with van der Waals surface area (Å²) in [4.78, 5) is 33.0. The van der Waals surface area contributed by atoms with Crippen LogP contribution in [0.4, 0.5) is 0 Å². The first-order chi connectivity index (χ1) is 15.9. The van der Waals surface area contributed by atoms with Crippen molar-refractivity contribution in [2.24, 2.45) is 5.92 Å². The highest BCUT2D eigenvalue weighted by atomic mass is 16.5. The van der Waals surface area contributed by atoms with Crippen LogP contribution in [-0.4, -0.2) is 53.3 Å². The first-order valence-electron chi connectivity index (χ1n) is 11.7. The molecule has 3 aromatic rings. The lowest BCUT2D eigenvalue weighted by Crippen LogP contribution is -2.45. The van der Waals surface area contributed by atoms with Gasteiger partial charge < -0.3 is 19.5 Å². The molecule has 0 bridgehead atoms. The molecule has 2 aromatic carbocycles. The van der Waals surface area contributed by atoms with Crippen LogP contribution in [0.1, 0.15) is 38.3 Å². The Labute approximate surface area is 196 Å². The Morgan fingerprint density at radius 2 is 1.70 bits per heavy atom. The number of amides is 2. The van der Waals surface area contributed by atoms with E-state index in [1.165, 1.54) is 10.9 Å². The van der Waals surface area contributed by atoms with Crippen molar-refractivity contribution in [3.8, 4) is 5.75 Å². The van der Waals surface area contributed by atoms with Crippen LogP contribution in [0.5, 0.6) is 5.75 Å². The molecule has 0 saturated carbocycles. The molecule has 0 aliphatic heterocycles. The molecule has 0 atom stereocenters. The van der Waals surface area contributed by atoms with Gasteiger partial charge in [0.05, 0.1) is 13.7 Å². The summed E-state index contributed by atoms with van der Waals surface area (Å²) in [5, 5.41) is 1.17. The fourth-order valence-corrected chi connectivity index (χ4v) is 4.09. The Bertz CT molecular complexity index is 1070. The van der Waals surface area contributed by atoms with Crippen molar-refractivity contribution in [2.45, 2.75) is 40.2 Å². The number of rotatable bonds is 11. The standard InChI is InChI=1S/C27H35N3O3/c1-5-15-30(27(32)20(2)3)19-26(31)29(18-22-10-6-9-13-25(22)33-4)16-14-21-17-28-24-12-8-7-11-23(21)24/h6-13,17,20,28H,5,14-16,18-19H2,1-4H3. The number of hydrogen-bond acceptors (Lipinski definition) is 3. The SMILES string of the molecule is CCCN(CC(=O)N(CCc1c[nH]c2ccccc12)Cc1ccccc1OC)C(=O)C(C)C. The maximum Gasteiger partial charge on any atom is 0.242 e. The minimum atomic E-state index is -0.141. The van der Waals surface area contributed by atoms with Gasteiger partial charge >= 0.3 is 0 Å². The van der Waals surface area contributed by atoms with Crippen molar-refractivity contribution in [3.63, 3.8) is 0 Å². The number of fused-ring (bicyclic) bond motifs is 1. The molecule has 1 aromatic heterocycles. The molecule has 0 radical (unpaired) electrons. The summed E-state index contributed by atoms with van der Waals surface area (Å²) in [6.07, 6.45) is 3.55. The average Bonchev–Trinajstić information content (AvgIpc) is 3.24. The highest BCUT2D eigenvalue weighted by Crippen LogP contribution is 2.22. The van der Waals surface area contributed by atoms with E-state index >= 15 is 0 Å². The van der Waals surface area contributed by atoms with Crippen LogP contribution in [-0.2, 0) is 22.6 Å². The smallest absolute Gasteiger partial charge is 0.242 e. The molecule has 1 N–H and O–H groups in total. The molecule has 0 fully saturated rings. The van der Waals surface area contributed by atoms with Crippen molar-refractivity contribution in [3.05, 3.63) is 65.9 Å². The van der Waals surface area contributed by atoms with Gasteiger partial charge in [0.25, 0.3) is 0 Å². The van der Waals surface area contributed by atoms with Gasteiger partial charge in [0.1, 0.15) is 5.75 Å². The Balaban J connectivity index is 1.82. The molecular formula is C27H35N3O3. The second-order valence-corrected chi connectivity index (χ2v) is 8.65. The molecule has 0 aliphatic rings. The van der Waals surface area contributed by atoms with Crippen LogP contribution in [0.3, 0.4) is 0 Å². The molecular weight excluding hydrogens is 414 g/mol. The summed E-state index contributed by atoms with van der Waals surface area (Å²) in [7, 11) is 1.64. The van der Waals surface area contributed by atoms with Gasteiger partial charge in [0.2, 0.25) is 11.8 Å². The van der Waals surface area contributed by atoms with E-state index in [0.29, 0.717) is 19.6 Å². The minimum absolute atomic E-state index is 0.0130. The third-order valence-electron chi connectivity index (χ3n) is 5.86. The lowest BCUT2D eigenvalue weighted by Gasteiger charge is -2.29. The second kappa shape index (κ2) is 11.5. The summed E-state index contributed by atoms with van der Waals surface area (Å²) in [6.45, 7) is 7.42. The topological polar surface area (TPSA) is 65.6 Å². The van der Waals surface area contributed by atoms with Crippen LogP contribution in [0.15, 0.2) is 54.7 Å². The van der Waals surface area contributed by atoms with Crippen molar-refractivity contribution in [2.75, 3.05) is 26.7 Å². The number of aromatic amines is 1. The van der Waals surface area contributed by atoms with Gasteiger partial charge in [-0.2, -0.15) is 0 Å². The number of aromatic nitrogens is 1. The highest BCUT2D eigenvalue weighted by molar-refractivity contribution is 5.86. The van der Waals surface area contributed by atoms with Crippen LogP contribution < -0.4 is 4.74 Å². The van der Waals surface area contributed by atoms with Gasteiger partial charge in [-0.3, -0.25) is 9.59 Å². The third kappa shape index (κ3) is 6.15. The lowest BCUT2D eigenvalue weighted by atomic mass is 10.1.